The third-order valence-corrected chi connectivity index (χ3v) is 4.12. The van der Waals surface area contributed by atoms with Crippen molar-refractivity contribution in [1.29, 1.82) is 5.26 Å². The largest absolute Gasteiger partial charge is 0.497 e. The highest BCUT2D eigenvalue weighted by Crippen LogP contribution is 2.25. The smallest absolute Gasteiger partial charge is 0.204 e. The Labute approximate surface area is 129 Å². The summed E-state index contributed by atoms with van der Waals surface area (Å²) in [5.41, 5.74) is 0.509. The SMILES string of the molecule is COc1ccc(Br)c(C(=O)/C(C#N)=C/c2cccs2)c1. The van der Waals surface area contributed by atoms with E-state index in [4.69, 9.17) is 4.74 Å². The molecule has 0 spiro atoms. The minimum atomic E-state index is -0.327. The predicted octanol–water partition coefficient (Wildman–Crippen LogP) is 4.31. The van der Waals surface area contributed by atoms with Crippen molar-refractivity contribution in [3.63, 3.8) is 0 Å². The first kappa shape index (κ1) is 14.5. The Morgan fingerprint density at radius 2 is 2.25 bits per heavy atom. The van der Waals surface area contributed by atoms with E-state index in [1.807, 2.05) is 23.6 Å². The summed E-state index contributed by atoms with van der Waals surface area (Å²) in [6, 6.07) is 10.8. The maximum atomic E-state index is 12.4. The molecule has 1 aromatic heterocycles. The number of thiophene rings is 1. The minimum Gasteiger partial charge on any atom is -0.497 e. The first-order valence-electron chi connectivity index (χ1n) is 5.69. The second kappa shape index (κ2) is 6.51. The summed E-state index contributed by atoms with van der Waals surface area (Å²) in [7, 11) is 1.53. The topological polar surface area (TPSA) is 50.1 Å². The lowest BCUT2D eigenvalue weighted by Crippen LogP contribution is -2.03. The molecule has 0 N–H and O–H groups in total. The number of ketones is 1. The van der Waals surface area contributed by atoms with E-state index in [9.17, 15) is 10.1 Å². The third-order valence-electron chi connectivity index (χ3n) is 2.61. The van der Waals surface area contributed by atoms with E-state index in [1.165, 1.54) is 18.4 Å². The first-order chi connectivity index (χ1) is 9.65. The molecule has 2 aromatic rings. The van der Waals surface area contributed by atoms with Gasteiger partial charge in [-0.1, -0.05) is 22.0 Å². The van der Waals surface area contributed by atoms with Crippen molar-refractivity contribution in [1.82, 2.24) is 0 Å². The minimum absolute atomic E-state index is 0.0985. The van der Waals surface area contributed by atoms with Crippen LogP contribution in [0.2, 0.25) is 0 Å². The molecule has 0 aliphatic heterocycles. The summed E-state index contributed by atoms with van der Waals surface area (Å²) in [5.74, 6) is 0.247. The molecule has 2 rings (SSSR count). The predicted molar refractivity (Wildman–Crippen MR) is 82.9 cm³/mol. The van der Waals surface area contributed by atoms with Crippen molar-refractivity contribution in [2.24, 2.45) is 0 Å². The van der Waals surface area contributed by atoms with E-state index in [0.717, 1.165) is 4.88 Å². The Balaban J connectivity index is 2.42. The molecule has 0 unspecified atom stereocenters. The van der Waals surface area contributed by atoms with Gasteiger partial charge in [-0.15, -0.1) is 11.3 Å². The monoisotopic (exact) mass is 347 g/mol. The Morgan fingerprint density at radius 1 is 1.45 bits per heavy atom. The molecule has 0 amide bonds. The number of hydrogen-bond donors (Lipinski definition) is 0. The molecule has 1 aromatic carbocycles. The molecule has 3 nitrogen and oxygen atoms in total. The summed E-state index contributed by atoms with van der Waals surface area (Å²) in [4.78, 5) is 13.3. The molecule has 0 fully saturated rings. The van der Waals surface area contributed by atoms with Gasteiger partial charge in [0.25, 0.3) is 0 Å². The fourth-order valence-corrected chi connectivity index (χ4v) is 2.70. The average molecular weight is 348 g/mol. The first-order valence-corrected chi connectivity index (χ1v) is 7.36. The van der Waals surface area contributed by atoms with E-state index in [2.05, 4.69) is 15.9 Å². The zero-order valence-corrected chi connectivity index (χ0v) is 13.0. The normalized spacial score (nSPS) is 10.9. The van der Waals surface area contributed by atoms with Gasteiger partial charge in [-0.25, -0.2) is 0 Å². The van der Waals surface area contributed by atoms with Gasteiger partial charge < -0.3 is 4.74 Å². The van der Waals surface area contributed by atoms with E-state index in [0.29, 0.717) is 15.8 Å². The molecular formula is C15H10BrNO2S. The number of benzene rings is 1. The molecule has 1 heterocycles. The number of methoxy groups -OCH3 is 1. The second-order valence-corrected chi connectivity index (χ2v) is 5.69. The summed E-state index contributed by atoms with van der Waals surface area (Å²) in [6.07, 6.45) is 1.60. The van der Waals surface area contributed by atoms with Gasteiger partial charge in [-0.3, -0.25) is 4.79 Å². The molecule has 0 radical (unpaired) electrons. The van der Waals surface area contributed by atoms with Crippen LogP contribution in [0.25, 0.3) is 6.08 Å². The molecule has 5 heteroatoms. The fraction of sp³-hybridized carbons (Fsp3) is 0.0667. The van der Waals surface area contributed by atoms with E-state index in [1.54, 1.807) is 24.3 Å². The van der Waals surface area contributed by atoms with Crippen molar-refractivity contribution in [2.75, 3.05) is 7.11 Å². The number of Topliss-reactive ketones (excluding diaryl/α,β-unsaturated/α-hetero) is 1. The van der Waals surface area contributed by atoms with Crippen molar-refractivity contribution >= 4 is 39.1 Å². The summed E-state index contributed by atoms with van der Waals surface area (Å²) in [5, 5.41) is 11.1. The second-order valence-electron chi connectivity index (χ2n) is 3.86. The lowest BCUT2D eigenvalue weighted by Gasteiger charge is -2.05. The number of carbonyl (C=O) groups is 1. The van der Waals surface area contributed by atoms with E-state index in [-0.39, 0.29) is 11.4 Å². The lowest BCUT2D eigenvalue weighted by molar-refractivity contribution is 0.103. The number of allylic oxidation sites excluding steroid dienone is 1. The molecule has 0 saturated carbocycles. The van der Waals surface area contributed by atoms with E-state index < -0.39 is 0 Å². The summed E-state index contributed by atoms with van der Waals surface area (Å²) >= 11 is 4.80. The maximum Gasteiger partial charge on any atom is 0.204 e. The van der Waals surface area contributed by atoms with Gasteiger partial charge in [-0.2, -0.15) is 5.26 Å². The van der Waals surface area contributed by atoms with Gasteiger partial charge in [0.15, 0.2) is 0 Å². The molecule has 0 aliphatic rings. The highest BCUT2D eigenvalue weighted by molar-refractivity contribution is 9.10. The number of nitriles is 1. The summed E-state index contributed by atoms with van der Waals surface area (Å²) in [6.45, 7) is 0. The van der Waals surface area contributed by atoms with Crippen molar-refractivity contribution in [3.05, 3.63) is 56.2 Å². The van der Waals surface area contributed by atoms with Gasteiger partial charge in [-0.05, 0) is 35.7 Å². The molecule has 20 heavy (non-hydrogen) atoms. The Hall–Kier alpha value is -1.90. The molecule has 100 valence electrons. The van der Waals surface area contributed by atoms with Crippen molar-refractivity contribution in [3.8, 4) is 11.8 Å². The van der Waals surface area contributed by atoms with Gasteiger partial charge in [0, 0.05) is 14.9 Å². The van der Waals surface area contributed by atoms with Crippen LogP contribution < -0.4 is 4.74 Å². The summed E-state index contributed by atoms with van der Waals surface area (Å²) < 4.78 is 5.74. The van der Waals surface area contributed by atoms with Gasteiger partial charge in [0.2, 0.25) is 5.78 Å². The number of halogens is 1. The van der Waals surface area contributed by atoms with Gasteiger partial charge in [0.05, 0.1) is 7.11 Å². The molecule has 0 atom stereocenters. The van der Waals surface area contributed by atoms with Crippen molar-refractivity contribution < 1.29 is 9.53 Å². The van der Waals surface area contributed by atoms with Gasteiger partial charge in [0.1, 0.15) is 17.4 Å². The maximum absolute atomic E-state index is 12.4. The molecule has 0 saturated heterocycles. The van der Waals surface area contributed by atoms with Crippen LogP contribution in [0.3, 0.4) is 0 Å². The zero-order valence-electron chi connectivity index (χ0n) is 10.6. The lowest BCUT2D eigenvalue weighted by atomic mass is 10.0. The highest BCUT2D eigenvalue weighted by atomic mass is 79.9. The van der Waals surface area contributed by atoms with Crippen LogP contribution in [-0.2, 0) is 0 Å². The highest BCUT2D eigenvalue weighted by Gasteiger charge is 2.16. The van der Waals surface area contributed by atoms with E-state index >= 15 is 0 Å². The average Bonchev–Trinajstić information content (AvgIpc) is 2.97. The molecular weight excluding hydrogens is 338 g/mol. The standard InChI is InChI=1S/C15H10BrNO2S/c1-19-11-4-5-14(16)13(8-11)15(18)10(9-17)7-12-3-2-6-20-12/h2-8H,1H3/b10-7+. The molecule has 0 bridgehead atoms. The van der Waals surface area contributed by atoms with Crippen LogP contribution in [0.5, 0.6) is 5.75 Å². The zero-order chi connectivity index (χ0) is 14.5. The number of carbonyl (C=O) groups excluding carboxylic acids is 1. The quantitative estimate of drug-likeness (QED) is 0.470. The number of nitrogens with zero attached hydrogens (tertiary/aromatic N) is 1. The van der Waals surface area contributed by atoms with Crippen LogP contribution in [0.15, 0.2) is 45.8 Å². The fourth-order valence-electron chi connectivity index (χ4n) is 1.61. The number of hydrogen-bond acceptors (Lipinski definition) is 4. The number of rotatable bonds is 4. The Kier molecular flexibility index (Phi) is 4.72. The third kappa shape index (κ3) is 3.16. The molecule has 0 aliphatic carbocycles. The van der Waals surface area contributed by atoms with Crippen molar-refractivity contribution in [2.45, 2.75) is 0 Å². The number of ether oxygens (including phenoxy) is 1. The van der Waals surface area contributed by atoms with Gasteiger partial charge >= 0.3 is 0 Å². The van der Waals surface area contributed by atoms with Crippen LogP contribution in [-0.4, -0.2) is 12.9 Å². The van der Waals surface area contributed by atoms with Crippen LogP contribution in [0, 0.1) is 11.3 Å². The Bertz CT molecular complexity index is 699. The van der Waals surface area contributed by atoms with Crippen LogP contribution >= 0.6 is 27.3 Å². The Morgan fingerprint density at radius 3 is 2.85 bits per heavy atom. The van der Waals surface area contributed by atoms with Crippen LogP contribution in [0.1, 0.15) is 15.2 Å². The van der Waals surface area contributed by atoms with Crippen LogP contribution in [0.4, 0.5) is 0 Å².